The number of methoxy groups -OCH3 is 1. The van der Waals surface area contributed by atoms with Gasteiger partial charge in [-0.15, -0.1) is 0 Å². The van der Waals surface area contributed by atoms with Crippen LogP contribution in [0.2, 0.25) is 0 Å². The largest absolute Gasteiger partial charge is 0.497 e. The first-order valence-electron chi connectivity index (χ1n) is 8.91. The van der Waals surface area contributed by atoms with Gasteiger partial charge in [-0.2, -0.15) is 0 Å². The van der Waals surface area contributed by atoms with E-state index in [4.69, 9.17) is 19.9 Å². The van der Waals surface area contributed by atoms with E-state index in [1.165, 1.54) is 11.8 Å². The fourth-order valence-electron chi connectivity index (χ4n) is 3.04. The van der Waals surface area contributed by atoms with Crippen molar-refractivity contribution >= 4 is 34.4 Å². The lowest BCUT2D eigenvalue weighted by Gasteiger charge is -2.17. The van der Waals surface area contributed by atoms with Crippen molar-refractivity contribution in [3.8, 4) is 17.2 Å². The Hall–Kier alpha value is -3.20. The van der Waals surface area contributed by atoms with Crippen LogP contribution in [0.4, 0.5) is 5.69 Å². The summed E-state index contributed by atoms with van der Waals surface area (Å²) in [5, 5.41) is -0.0670. The molecule has 2 amide bonds. The van der Waals surface area contributed by atoms with Crippen LogP contribution < -0.4 is 19.9 Å². The zero-order valence-corrected chi connectivity index (χ0v) is 16.5. The van der Waals surface area contributed by atoms with Crippen molar-refractivity contribution in [2.75, 3.05) is 13.9 Å². The Labute approximate surface area is 171 Å². The molecule has 2 aromatic carbocycles. The molecule has 0 saturated carbocycles. The van der Waals surface area contributed by atoms with Crippen LogP contribution in [0.25, 0.3) is 0 Å². The molecular formula is C20H19N3O5S. The molecule has 1 atom stereocenters. The van der Waals surface area contributed by atoms with Gasteiger partial charge in [0.05, 0.1) is 19.3 Å². The van der Waals surface area contributed by atoms with E-state index in [-0.39, 0.29) is 19.1 Å². The number of benzene rings is 2. The van der Waals surface area contributed by atoms with Crippen molar-refractivity contribution in [3.63, 3.8) is 0 Å². The molecule has 29 heavy (non-hydrogen) atoms. The van der Waals surface area contributed by atoms with Crippen molar-refractivity contribution in [1.82, 2.24) is 4.90 Å². The third-order valence-corrected chi connectivity index (χ3v) is 5.66. The minimum atomic E-state index is -0.585. The van der Waals surface area contributed by atoms with Crippen LogP contribution in [0.15, 0.2) is 47.5 Å². The van der Waals surface area contributed by atoms with Crippen LogP contribution in [-0.4, -0.2) is 41.0 Å². The summed E-state index contributed by atoms with van der Waals surface area (Å²) in [6.07, 6.45) is -0.0389. The van der Waals surface area contributed by atoms with Crippen LogP contribution in [-0.2, 0) is 16.1 Å². The van der Waals surface area contributed by atoms with Gasteiger partial charge in [0.2, 0.25) is 18.6 Å². The summed E-state index contributed by atoms with van der Waals surface area (Å²) in [5.74, 6) is 1.31. The van der Waals surface area contributed by atoms with E-state index < -0.39 is 11.2 Å². The highest BCUT2D eigenvalue weighted by Gasteiger charge is 2.39. The minimum Gasteiger partial charge on any atom is -0.497 e. The molecule has 4 rings (SSSR count). The second kappa shape index (κ2) is 8.04. The van der Waals surface area contributed by atoms with Gasteiger partial charge in [0.1, 0.15) is 11.0 Å². The highest BCUT2D eigenvalue weighted by atomic mass is 32.2. The number of aliphatic imine (C=N–C) groups is 1. The number of amides is 2. The number of rotatable bonds is 6. The van der Waals surface area contributed by atoms with E-state index >= 15 is 0 Å². The Balaban J connectivity index is 1.62. The fraction of sp³-hybridized carbons (Fsp3) is 0.250. The minimum absolute atomic E-state index is 0.0389. The molecule has 0 spiro atoms. The average Bonchev–Trinajstić information content (AvgIpc) is 3.28. The Morgan fingerprint density at radius 2 is 2.00 bits per heavy atom. The van der Waals surface area contributed by atoms with Crippen LogP contribution in [0.1, 0.15) is 12.0 Å². The molecule has 0 aliphatic carbocycles. The number of ether oxygens (including phenoxy) is 3. The zero-order chi connectivity index (χ0) is 20.4. The Morgan fingerprint density at radius 3 is 2.72 bits per heavy atom. The molecule has 9 heteroatoms. The van der Waals surface area contributed by atoms with E-state index in [0.29, 0.717) is 34.6 Å². The van der Waals surface area contributed by atoms with Gasteiger partial charge in [0.15, 0.2) is 16.7 Å². The number of amidine groups is 1. The second-order valence-electron chi connectivity index (χ2n) is 6.48. The number of primary amides is 1. The standard InChI is InChI=1S/C20H19N3O5S/c1-26-14-5-3-13(4-6-14)22-20-23(19(25)17(29-20)9-18(21)24)10-12-2-7-15-16(8-12)28-11-27-15/h2-8,17H,9-11H2,1H3,(H2,21,24)/t17-/m0/s1. The summed E-state index contributed by atoms with van der Waals surface area (Å²) in [7, 11) is 1.59. The maximum atomic E-state index is 12.9. The lowest BCUT2D eigenvalue weighted by atomic mass is 10.2. The molecule has 2 aliphatic heterocycles. The topological polar surface area (TPSA) is 103 Å². The summed E-state index contributed by atoms with van der Waals surface area (Å²) in [6.45, 7) is 0.481. The number of carbonyl (C=O) groups excluding carboxylic acids is 2. The Bertz CT molecular complexity index is 977. The maximum Gasteiger partial charge on any atom is 0.242 e. The van der Waals surface area contributed by atoms with Gasteiger partial charge in [-0.25, -0.2) is 4.99 Å². The molecule has 1 fully saturated rings. The van der Waals surface area contributed by atoms with Crippen LogP contribution in [0, 0.1) is 0 Å². The molecule has 2 N–H and O–H groups in total. The SMILES string of the molecule is COc1ccc(N=C2S[C@@H](CC(N)=O)C(=O)N2Cc2ccc3c(c2)OCO3)cc1. The van der Waals surface area contributed by atoms with Crippen molar-refractivity contribution in [1.29, 1.82) is 0 Å². The summed E-state index contributed by atoms with van der Waals surface area (Å²) in [4.78, 5) is 30.5. The first-order chi connectivity index (χ1) is 14.0. The molecular weight excluding hydrogens is 394 g/mol. The van der Waals surface area contributed by atoms with Gasteiger partial charge >= 0.3 is 0 Å². The number of carbonyl (C=O) groups is 2. The molecule has 150 valence electrons. The monoisotopic (exact) mass is 413 g/mol. The third-order valence-electron chi connectivity index (χ3n) is 4.48. The van der Waals surface area contributed by atoms with E-state index in [0.717, 1.165) is 5.56 Å². The molecule has 0 bridgehead atoms. The summed E-state index contributed by atoms with van der Waals surface area (Å²) in [6, 6.07) is 12.7. The number of hydrogen-bond acceptors (Lipinski definition) is 7. The van der Waals surface area contributed by atoms with Crippen molar-refractivity contribution in [2.24, 2.45) is 10.7 Å². The third kappa shape index (κ3) is 4.14. The predicted molar refractivity (Wildman–Crippen MR) is 108 cm³/mol. The normalized spacial score (nSPS) is 19.1. The lowest BCUT2D eigenvalue weighted by molar-refractivity contribution is -0.128. The number of fused-ring (bicyclic) bond motifs is 1. The smallest absolute Gasteiger partial charge is 0.242 e. The second-order valence-corrected chi connectivity index (χ2v) is 7.65. The van der Waals surface area contributed by atoms with Crippen molar-refractivity contribution in [2.45, 2.75) is 18.2 Å². The van der Waals surface area contributed by atoms with Crippen molar-refractivity contribution < 1.29 is 23.8 Å². The average molecular weight is 413 g/mol. The van der Waals surface area contributed by atoms with E-state index in [2.05, 4.69) is 4.99 Å². The summed E-state index contributed by atoms with van der Waals surface area (Å²) in [5.41, 5.74) is 6.86. The van der Waals surface area contributed by atoms with E-state index in [1.807, 2.05) is 18.2 Å². The number of thioether (sulfide) groups is 1. The lowest BCUT2D eigenvalue weighted by Crippen LogP contribution is -2.33. The first kappa shape index (κ1) is 19.1. The van der Waals surface area contributed by atoms with Gasteiger partial charge in [-0.1, -0.05) is 17.8 Å². The van der Waals surface area contributed by atoms with Gasteiger partial charge in [-0.3, -0.25) is 14.5 Å². The van der Waals surface area contributed by atoms with Crippen LogP contribution in [0.3, 0.4) is 0 Å². The number of hydrogen-bond donors (Lipinski definition) is 1. The van der Waals surface area contributed by atoms with Gasteiger partial charge in [-0.05, 0) is 42.0 Å². The molecule has 0 unspecified atom stereocenters. The number of nitrogens with zero attached hydrogens (tertiary/aromatic N) is 2. The fourth-order valence-corrected chi connectivity index (χ4v) is 4.21. The molecule has 2 aromatic rings. The van der Waals surface area contributed by atoms with Crippen molar-refractivity contribution in [3.05, 3.63) is 48.0 Å². The molecule has 2 aliphatic rings. The summed E-state index contributed by atoms with van der Waals surface area (Å²) >= 11 is 1.24. The van der Waals surface area contributed by atoms with Gasteiger partial charge in [0, 0.05) is 6.42 Å². The summed E-state index contributed by atoms with van der Waals surface area (Å²) < 4.78 is 15.9. The molecule has 2 heterocycles. The predicted octanol–water partition coefficient (Wildman–Crippen LogP) is 2.43. The Kier molecular flexibility index (Phi) is 5.30. The quantitative estimate of drug-likeness (QED) is 0.780. The highest BCUT2D eigenvalue weighted by molar-refractivity contribution is 8.15. The van der Waals surface area contributed by atoms with Crippen LogP contribution in [0.5, 0.6) is 17.2 Å². The van der Waals surface area contributed by atoms with Gasteiger partial charge in [0.25, 0.3) is 0 Å². The Morgan fingerprint density at radius 1 is 1.24 bits per heavy atom. The molecule has 8 nitrogen and oxygen atoms in total. The maximum absolute atomic E-state index is 12.9. The molecule has 0 aromatic heterocycles. The molecule has 1 saturated heterocycles. The zero-order valence-electron chi connectivity index (χ0n) is 15.7. The highest BCUT2D eigenvalue weighted by Crippen LogP contribution is 2.36. The van der Waals surface area contributed by atoms with Gasteiger partial charge < -0.3 is 19.9 Å². The van der Waals surface area contributed by atoms with Crippen LogP contribution >= 0.6 is 11.8 Å². The van der Waals surface area contributed by atoms with E-state index in [9.17, 15) is 9.59 Å². The molecule has 0 radical (unpaired) electrons. The first-order valence-corrected chi connectivity index (χ1v) is 9.79. The van der Waals surface area contributed by atoms with E-state index in [1.54, 1.807) is 36.3 Å². The number of nitrogens with two attached hydrogens (primary N) is 1.